The van der Waals surface area contributed by atoms with E-state index < -0.39 is 18.5 Å². The van der Waals surface area contributed by atoms with E-state index in [0.717, 1.165) is 21.4 Å². The lowest BCUT2D eigenvalue weighted by Crippen LogP contribution is -2.38. The maximum atomic E-state index is 11.7. The van der Waals surface area contributed by atoms with E-state index >= 15 is 0 Å². The Morgan fingerprint density at radius 3 is 2.69 bits per heavy atom. The molecule has 0 fully saturated rings. The standard InChI is InChI=1S/C18H19ClN2O4S/c1-2-9-20-15(22)10-21-16(23)11-25-17(24)8-7-14-18(19)12-5-3-4-6-13(12)26-14/h3-8H,2,9-11H2,1H3,(H,20,22)(H,21,23)/b8-7+. The van der Waals surface area contributed by atoms with Crippen molar-refractivity contribution in [3.8, 4) is 0 Å². The van der Waals surface area contributed by atoms with Crippen molar-refractivity contribution in [3.63, 3.8) is 0 Å². The fourth-order valence-electron chi connectivity index (χ4n) is 2.03. The number of esters is 1. The highest BCUT2D eigenvalue weighted by Gasteiger charge is 2.09. The van der Waals surface area contributed by atoms with Crippen LogP contribution in [0.4, 0.5) is 0 Å². The number of fused-ring (bicyclic) bond motifs is 1. The first kappa shape index (κ1) is 19.9. The number of carbonyl (C=O) groups excluding carboxylic acids is 3. The van der Waals surface area contributed by atoms with Gasteiger partial charge in [0.2, 0.25) is 5.91 Å². The first-order valence-electron chi connectivity index (χ1n) is 8.06. The van der Waals surface area contributed by atoms with Crippen molar-refractivity contribution in [1.29, 1.82) is 0 Å². The lowest BCUT2D eigenvalue weighted by molar-refractivity contribution is -0.143. The van der Waals surface area contributed by atoms with Gasteiger partial charge in [-0.2, -0.15) is 0 Å². The highest BCUT2D eigenvalue weighted by atomic mass is 35.5. The van der Waals surface area contributed by atoms with Gasteiger partial charge >= 0.3 is 5.97 Å². The zero-order valence-electron chi connectivity index (χ0n) is 14.2. The molecule has 0 aliphatic carbocycles. The molecule has 26 heavy (non-hydrogen) atoms. The third kappa shape index (κ3) is 5.86. The summed E-state index contributed by atoms with van der Waals surface area (Å²) in [5.41, 5.74) is 0. The molecule has 0 aliphatic rings. The molecule has 6 nitrogen and oxygen atoms in total. The van der Waals surface area contributed by atoms with Gasteiger partial charge in [-0.15, -0.1) is 11.3 Å². The SMILES string of the molecule is CCCNC(=O)CNC(=O)COC(=O)/C=C/c1sc2ccccc2c1Cl. The second-order valence-corrected chi connectivity index (χ2v) is 6.81. The van der Waals surface area contributed by atoms with Crippen LogP contribution in [0.1, 0.15) is 18.2 Å². The molecule has 8 heteroatoms. The van der Waals surface area contributed by atoms with Crippen LogP contribution >= 0.6 is 22.9 Å². The van der Waals surface area contributed by atoms with Crippen molar-refractivity contribution in [2.24, 2.45) is 0 Å². The van der Waals surface area contributed by atoms with Crippen molar-refractivity contribution in [2.75, 3.05) is 19.7 Å². The summed E-state index contributed by atoms with van der Waals surface area (Å²) < 4.78 is 5.86. The van der Waals surface area contributed by atoms with E-state index in [9.17, 15) is 14.4 Å². The molecule has 1 aromatic carbocycles. The summed E-state index contributed by atoms with van der Waals surface area (Å²) in [5.74, 6) is -1.49. The Morgan fingerprint density at radius 1 is 1.19 bits per heavy atom. The summed E-state index contributed by atoms with van der Waals surface area (Å²) in [5, 5.41) is 6.50. The normalized spacial score (nSPS) is 10.8. The van der Waals surface area contributed by atoms with Crippen LogP contribution in [0.5, 0.6) is 0 Å². The molecule has 0 radical (unpaired) electrons. The summed E-state index contributed by atoms with van der Waals surface area (Å²) in [6.45, 7) is 1.88. The molecule has 0 aliphatic heterocycles. The Morgan fingerprint density at radius 2 is 1.96 bits per heavy atom. The minimum atomic E-state index is -0.663. The van der Waals surface area contributed by atoms with E-state index in [2.05, 4.69) is 10.6 Å². The number of benzene rings is 1. The molecule has 0 saturated heterocycles. The van der Waals surface area contributed by atoms with Gasteiger partial charge in [-0.05, 0) is 18.6 Å². The molecule has 0 bridgehead atoms. The Bertz CT molecular complexity index is 832. The molecule has 0 unspecified atom stereocenters. The number of ether oxygens (including phenoxy) is 1. The van der Waals surface area contributed by atoms with Gasteiger partial charge in [-0.3, -0.25) is 9.59 Å². The monoisotopic (exact) mass is 394 g/mol. The van der Waals surface area contributed by atoms with E-state index in [4.69, 9.17) is 16.3 Å². The van der Waals surface area contributed by atoms with E-state index in [1.54, 1.807) is 6.08 Å². The van der Waals surface area contributed by atoms with Gasteiger partial charge in [0.05, 0.1) is 11.6 Å². The number of thiophene rings is 1. The number of nitrogens with one attached hydrogen (secondary N) is 2. The fraction of sp³-hybridized carbons (Fsp3) is 0.278. The summed E-state index contributed by atoms with van der Waals surface area (Å²) in [6.07, 6.45) is 3.59. The minimum absolute atomic E-state index is 0.149. The van der Waals surface area contributed by atoms with Crippen molar-refractivity contribution in [2.45, 2.75) is 13.3 Å². The molecule has 2 aromatic rings. The number of carbonyl (C=O) groups is 3. The van der Waals surface area contributed by atoms with E-state index in [1.165, 1.54) is 17.4 Å². The Labute approximate surface area is 160 Å². The third-order valence-electron chi connectivity index (χ3n) is 3.29. The van der Waals surface area contributed by atoms with Crippen molar-refractivity contribution in [1.82, 2.24) is 10.6 Å². The number of hydrogen-bond donors (Lipinski definition) is 2. The average Bonchev–Trinajstić information content (AvgIpc) is 2.97. The first-order chi connectivity index (χ1) is 12.5. The molecule has 2 amide bonds. The maximum absolute atomic E-state index is 11.7. The second kappa shape index (κ2) is 9.94. The predicted octanol–water partition coefficient (Wildman–Crippen LogP) is 2.75. The number of hydrogen-bond acceptors (Lipinski definition) is 5. The zero-order valence-corrected chi connectivity index (χ0v) is 15.8. The van der Waals surface area contributed by atoms with Gasteiger partial charge in [0.15, 0.2) is 6.61 Å². The quantitative estimate of drug-likeness (QED) is 0.532. The Balaban J connectivity index is 1.79. The fourth-order valence-corrected chi connectivity index (χ4v) is 3.42. The van der Waals surface area contributed by atoms with Crippen LogP contribution in [0, 0.1) is 0 Å². The highest BCUT2D eigenvalue weighted by molar-refractivity contribution is 7.20. The van der Waals surface area contributed by atoms with Gasteiger partial charge in [0.25, 0.3) is 5.91 Å². The second-order valence-electron chi connectivity index (χ2n) is 5.34. The minimum Gasteiger partial charge on any atom is -0.452 e. The maximum Gasteiger partial charge on any atom is 0.331 e. The summed E-state index contributed by atoms with van der Waals surface area (Å²) in [7, 11) is 0. The molecule has 0 spiro atoms. The van der Waals surface area contributed by atoms with Crippen molar-refractivity contribution in [3.05, 3.63) is 40.2 Å². The van der Waals surface area contributed by atoms with E-state index in [-0.39, 0.29) is 12.5 Å². The molecule has 1 aromatic heterocycles. The summed E-state index contributed by atoms with van der Waals surface area (Å²) >= 11 is 7.74. The zero-order chi connectivity index (χ0) is 18.9. The van der Waals surface area contributed by atoms with Crippen LogP contribution in [-0.2, 0) is 19.1 Å². The van der Waals surface area contributed by atoms with Crippen LogP contribution in [0.2, 0.25) is 5.02 Å². The molecule has 0 saturated carbocycles. The molecule has 138 valence electrons. The summed E-state index contributed by atoms with van der Waals surface area (Å²) in [4.78, 5) is 35.4. The van der Waals surface area contributed by atoms with Crippen LogP contribution < -0.4 is 10.6 Å². The predicted molar refractivity (Wildman–Crippen MR) is 103 cm³/mol. The first-order valence-corrected chi connectivity index (χ1v) is 9.26. The lowest BCUT2D eigenvalue weighted by Gasteiger charge is -2.06. The van der Waals surface area contributed by atoms with Crippen LogP contribution in [0.15, 0.2) is 30.3 Å². The number of amides is 2. The van der Waals surface area contributed by atoms with Crippen molar-refractivity contribution < 1.29 is 19.1 Å². The van der Waals surface area contributed by atoms with Gasteiger partial charge in [0, 0.05) is 27.6 Å². The van der Waals surface area contributed by atoms with E-state index in [1.807, 2.05) is 31.2 Å². The lowest BCUT2D eigenvalue weighted by atomic mass is 10.2. The molecular weight excluding hydrogens is 376 g/mol. The summed E-state index contributed by atoms with van der Waals surface area (Å²) in [6, 6.07) is 7.66. The largest absolute Gasteiger partial charge is 0.452 e. The van der Waals surface area contributed by atoms with Crippen molar-refractivity contribution >= 4 is 56.9 Å². The molecular formula is C18H19ClN2O4S. The molecule has 2 N–H and O–H groups in total. The Hall–Kier alpha value is -2.38. The molecule has 1 heterocycles. The number of halogens is 1. The molecule has 0 atom stereocenters. The van der Waals surface area contributed by atoms with Gasteiger partial charge in [0.1, 0.15) is 0 Å². The van der Waals surface area contributed by atoms with E-state index in [0.29, 0.717) is 11.6 Å². The van der Waals surface area contributed by atoms with Gasteiger partial charge < -0.3 is 15.4 Å². The van der Waals surface area contributed by atoms with Gasteiger partial charge in [-0.25, -0.2) is 4.79 Å². The van der Waals surface area contributed by atoms with Crippen LogP contribution in [-0.4, -0.2) is 37.5 Å². The highest BCUT2D eigenvalue weighted by Crippen LogP contribution is 2.35. The molecule has 2 rings (SSSR count). The smallest absolute Gasteiger partial charge is 0.331 e. The number of rotatable bonds is 8. The van der Waals surface area contributed by atoms with Gasteiger partial charge in [-0.1, -0.05) is 36.7 Å². The van der Waals surface area contributed by atoms with Crippen LogP contribution in [0.25, 0.3) is 16.2 Å². The average molecular weight is 395 g/mol. The van der Waals surface area contributed by atoms with Crippen LogP contribution in [0.3, 0.4) is 0 Å². The topological polar surface area (TPSA) is 84.5 Å². The third-order valence-corrected chi connectivity index (χ3v) is 4.95. The Kier molecular flexibility index (Phi) is 7.62.